The highest BCUT2D eigenvalue weighted by atomic mass is 19.1. The molecule has 1 fully saturated rings. The summed E-state index contributed by atoms with van der Waals surface area (Å²) in [4.78, 5) is 21.7. The van der Waals surface area contributed by atoms with Crippen molar-refractivity contribution >= 4 is 11.6 Å². The van der Waals surface area contributed by atoms with Crippen LogP contribution in [0.25, 0.3) is 0 Å². The number of amides is 1. The van der Waals surface area contributed by atoms with E-state index in [-0.39, 0.29) is 23.3 Å². The molecule has 0 heterocycles. The first kappa shape index (κ1) is 15.4. The van der Waals surface area contributed by atoms with Crippen LogP contribution in [-0.4, -0.2) is 28.6 Å². The topological polar surface area (TPSA) is 92.5 Å². The van der Waals surface area contributed by atoms with Gasteiger partial charge in [0.1, 0.15) is 5.82 Å². The predicted molar refractivity (Wildman–Crippen MR) is 73.4 cm³/mol. The Hall–Kier alpha value is -2.02. The number of halogens is 1. The lowest BCUT2D eigenvalue weighted by atomic mass is 9.87. The van der Waals surface area contributed by atoms with E-state index >= 15 is 0 Å². The smallest absolute Gasteiger partial charge is 0.272 e. The van der Waals surface area contributed by atoms with Gasteiger partial charge in [-0.2, -0.15) is 0 Å². The number of hydrogen-bond acceptors (Lipinski definition) is 4. The minimum Gasteiger partial charge on any atom is -0.393 e. The fraction of sp³-hybridized carbons (Fsp3) is 0.500. The minimum atomic E-state index is -0.902. The molecule has 0 bridgehead atoms. The fourth-order valence-corrected chi connectivity index (χ4v) is 2.48. The van der Waals surface area contributed by atoms with Crippen molar-refractivity contribution in [3.05, 3.63) is 39.7 Å². The second-order valence-corrected chi connectivity index (χ2v) is 5.31. The SMILES string of the molecule is O=C(NCC1CCC(O)CC1)c1ccc([N+](=O)[O-])cc1F. The Kier molecular flexibility index (Phi) is 4.85. The van der Waals surface area contributed by atoms with E-state index in [1.54, 1.807) is 0 Å². The van der Waals surface area contributed by atoms with Gasteiger partial charge in [-0.15, -0.1) is 0 Å². The summed E-state index contributed by atoms with van der Waals surface area (Å²) in [6.07, 6.45) is 2.82. The highest BCUT2D eigenvalue weighted by molar-refractivity contribution is 5.94. The van der Waals surface area contributed by atoms with Crippen molar-refractivity contribution < 1.29 is 19.2 Å². The van der Waals surface area contributed by atoms with Crippen LogP contribution >= 0.6 is 0 Å². The Morgan fingerprint density at radius 2 is 2.05 bits per heavy atom. The van der Waals surface area contributed by atoms with Gasteiger partial charge in [-0.3, -0.25) is 14.9 Å². The lowest BCUT2D eigenvalue weighted by molar-refractivity contribution is -0.385. The summed E-state index contributed by atoms with van der Waals surface area (Å²) in [6, 6.07) is 2.97. The molecule has 2 rings (SSSR count). The first-order valence-corrected chi connectivity index (χ1v) is 6.87. The maximum absolute atomic E-state index is 13.7. The molecule has 1 saturated carbocycles. The van der Waals surface area contributed by atoms with Gasteiger partial charge in [0.2, 0.25) is 0 Å². The standard InChI is InChI=1S/C14H17FN2O4/c15-13-7-10(17(20)21)3-6-12(13)14(19)16-8-9-1-4-11(18)5-2-9/h3,6-7,9,11,18H,1-2,4-5,8H2,(H,16,19). The van der Waals surface area contributed by atoms with Crippen molar-refractivity contribution in [2.45, 2.75) is 31.8 Å². The van der Waals surface area contributed by atoms with E-state index in [4.69, 9.17) is 0 Å². The van der Waals surface area contributed by atoms with E-state index in [1.165, 1.54) is 0 Å². The van der Waals surface area contributed by atoms with Gasteiger partial charge >= 0.3 is 0 Å². The molecule has 114 valence electrons. The molecule has 0 aromatic heterocycles. The summed E-state index contributed by atoms with van der Waals surface area (Å²) in [5.41, 5.74) is -0.582. The average molecular weight is 296 g/mol. The van der Waals surface area contributed by atoms with Crippen LogP contribution in [0.4, 0.5) is 10.1 Å². The van der Waals surface area contributed by atoms with Crippen molar-refractivity contribution in [3.63, 3.8) is 0 Å². The average Bonchev–Trinajstić information content (AvgIpc) is 2.46. The molecule has 1 aliphatic rings. The third-order valence-corrected chi connectivity index (χ3v) is 3.78. The van der Waals surface area contributed by atoms with E-state index in [0.717, 1.165) is 31.0 Å². The Morgan fingerprint density at radius 3 is 2.62 bits per heavy atom. The summed E-state index contributed by atoms with van der Waals surface area (Å²) in [6.45, 7) is 0.419. The number of carbonyl (C=O) groups is 1. The normalized spacial score (nSPS) is 21.8. The molecule has 1 aromatic carbocycles. The zero-order chi connectivity index (χ0) is 15.4. The molecule has 1 aliphatic carbocycles. The first-order chi connectivity index (χ1) is 9.97. The molecular weight excluding hydrogens is 279 g/mol. The summed E-state index contributed by atoms with van der Waals surface area (Å²) >= 11 is 0. The van der Waals surface area contributed by atoms with Crippen molar-refractivity contribution in [2.75, 3.05) is 6.54 Å². The van der Waals surface area contributed by atoms with E-state index in [2.05, 4.69) is 5.32 Å². The molecule has 0 aliphatic heterocycles. The monoisotopic (exact) mass is 296 g/mol. The largest absolute Gasteiger partial charge is 0.393 e. The maximum atomic E-state index is 13.7. The second kappa shape index (κ2) is 6.62. The maximum Gasteiger partial charge on any atom is 0.272 e. The zero-order valence-electron chi connectivity index (χ0n) is 11.4. The number of rotatable bonds is 4. The third-order valence-electron chi connectivity index (χ3n) is 3.78. The van der Waals surface area contributed by atoms with Gasteiger partial charge in [0.05, 0.1) is 22.7 Å². The van der Waals surface area contributed by atoms with Crippen molar-refractivity contribution in [1.29, 1.82) is 0 Å². The van der Waals surface area contributed by atoms with E-state index in [1.807, 2.05) is 0 Å². The molecule has 1 aromatic rings. The van der Waals surface area contributed by atoms with Gasteiger partial charge in [-0.25, -0.2) is 4.39 Å². The number of nitrogens with zero attached hydrogens (tertiary/aromatic N) is 1. The van der Waals surface area contributed by atoms with Crippen molar-refractivity contribution in [2.24, 2.45) is 5.92 Å². The number of benzene rings is 1. The predicted octanol–water partition coefficient (Wildman–Crippen LogP) is 2.01. The summed E-state index contributed by atoms with van der Waals surface area (Å²) < 4.78 is 13.7. The fourth-order valence-electron chi connectivity index (χ4n) is 2.48. The summed E-state index contributed by atoms with van der Waals surface area (Å²) in [7, 11) is 0. The van der Waals surface area contributed by atoms with Crippen molar-refractivity contribution in [1.82, 2.24) is 5.32 Å². The number of aliphatic hydroxyl groups is 1. The summed E-state index contributed by atoms with van der Waals surface area (Å²) in [5, 5.41) is 22.6. The van der Waals surface area contributed by atoms with E-state index < -0.39 is 16.6 Å². The molecule has 2 N–H and O–H groups in total. The van der Waals surface area contributed by atoms with Crippen LogP contribution in [0.5, 0.6) is 0 Å². The Labute approximate surface area is 121 Å². The lowest BCUT2D eigenvalue weighted by Crippen LogP contribution is -2.32. The molecule has 0 spiro atoms. The van der Waals surface area contributed by atoms with Gasteiger partial charge in [-0.05, 0) is 37.7 Å². The first-order valence-electron chi connectivity index (χ1n) is 6.87. The van der Waals surface area contributed by atoms with Crippen molar-refractivity contribution in [3.8, 4) is 0 Å². The number of hydrogen-bond donors (Lipinski definition) is 2. The number of non-ortho nitro benzene ring substituents is 1. The molecule has 7 heteroatoms. The molecular formula is C14H17FN2O4. The van der Waals surface area contributed by atoms with E-state index in [0.29, 0.717) is 19.4 Å². The quantitative estimate of drug-likeness (QED) is 0.656. The van der Waals surface area contributed by atoms with Crippen LogP contribution in [0.2, 0.25) is 0 Å². The molecule has 0 unspecified atom stereocenters. The van der Waals surface area contributed by atoms with Gasteiger partial charge in [0.25, 0.3) is 11.6 Å². The lowest BCUT2D eigenvalue weighted by Gasteiger charge is -2.25. The Balaban J connectivity index is 1.93. The Bertz CT molecular complexity index is 542. The van der Waals surface area contributed by atoms with Gasteiger partial charge in [0.15, 0.2) is 0 Å². The van der Waals surface area contributed by atoms with Crippen LogP contribution < -0.4 is 5.32 Å². The molecule has 0 radical (unpaired) electrons. The van der Waals surface area contributed by atoms with Crippen LogP contribution in [0.1, 0.15) is 36.0 Å². The molecule has 0 saturated heterocycles. The van der Waals surface area contributed by atoms with Crippen LogP contribution in [0, 0.1) is 21.8 Å². The van der Waals surface area contributed by atoms with E-state index in [9.17, 15) is 24.4 Å². The van der Waals surface area contributed by atoms with Gasteiger partial charge < -0.3 is 10.4 Å². The Morgan fingerprint density at radius 1 is 1.38 bits per heavy atom. The van der Waals surface area contributed by atoms with Gasteiger partial charge in [0, 0.05) is 12.6 Å². The number of carbonyl (C=O) groups excluding carboxylic acids is 1. The number of nitro groups is 1. The van der Waals surface area contributed by atoms with Crippen LogP contribution in [-0.2, 0) is 0 Å². The van der Waals surface area contributed by atoms with Crippen LogP contribution in [0.15, 0.2) is 18.2 Å². The second-order valence-electron chi connectivity index (χ2n) is 5.31. The van der Waals surface area contributed by atoms with Crippen LogP contribution in [0.3, 0.4) is 0 Å². The number of aliphatic hydroxyl groups excluding tert-OH is 1. The highest BCUT2D eigenvalue weighted by Gasteiger charge is 2.21. The number of nitro benzene ring substituents is 1. The molecule has 6 nitrogen and oxygen atoms in total. The third kappa shape index (κ3) is 3.98. The minimum absolute atomic E-state index is 0.198. The zero-order valence-corrected chi connectivity index (χ0v) is 11.4. The summed E-state index contributed by atoms with van der Waals surface area (Å²) in [5.74, 6) is -1.20. The molecule has 1 amide bonds. The number of nitrogens with one attached hydrogen (secondary N) is 1. The molecule has 21 heavy (non-hydrogen) atoms. The van der Waals surface area contributed by atoms with Gasteiger partial charge in [-0.1, -0.05) is 0 Å². The molecule has 0 atom stereocenters. The highest BCUT2D eigenvalue weighted by Crippen LogP contribution is 2.23.